The second kappa shape index (κ2) is 6.75. The van der Waals surface area contributed by atoms with E-state index in [2.05, 4.69) is 10.6 Å². The Kier molecular flexibility index (Phi) is 5.01. The smallest absolute Gasteiger partial charge is 0.315 e. The van der Waals surface area contributed by atoms with Crippen LogP contribution in [0, 0.1) is 11.8 Å². The number of amides is 2. The number of carbonyl (C=O) groups excluding carboxylic acids is 1. The number of rotatable bonds is 4. The highest BCUT2D eigenvalue weighted by molar-refractivity contribution is 5.74. The first-order valence-corrected chi connectivity index (χ1v) is 7.01. The number of carboxylic acids is 1. The summed E-state index contributed by atoms with van der Waals surface area (Å²) in [7, 11) is 0. The van der Waals surface area contributed by atoms with Crippen molar-refractivity contribution in [2.45, 2.75) is 38.1 Å². The quantitative estimate of drug-likeness (QED) is 0.710. The van der Waals surface area contributed by atoms with Gasteiger partial charge in [-0.15, -0.1) is 0 Å². The molecule has 1 aliphatic heterocycles. The van der Waals surface area contributed by atoms with Crippen molar-refractivity contribution in [2.24, 2.45) is 11.8 Å². The highest BCUT2D eigenvalue weighted by atomic mass is 16.5. The zero-order chi connectivity index (χ0) is 13.7. The number of urea groups is 1. The molecular formula is C13H22N2O4. The van der Waals surface area contributed by atoms with E-state index < -0.39 is 5.97 Å². The lowest BCUT2D eigenvalue weighted by atomic mass is 9.79. The van der Waals surface area contributed by atoms with Gasteiger partial charge in [-0.25, -0.2) is 4.79 Å². The van der Waals surface area contributed by atoms with E-state index in [4.69, 9.17) is 9.84 Å². The van der Waals surface area contributed by atoms with Crippen molar-refractivity contribution in [1.82, 2.24) is 10.6 Å². The minimum Gasteiger partial charge on any atom is -0.481 e. The molecule has 6 nitrogen and oxygen atoms in total. The molecule has 19 heavy (non-hydrogen) atoms. The first kappa shape index (κ1) is 14.1. The molecule has 2 fully saturated rings. The number of carboxylic acid groups (broad SMARTS) is 1. The van der Waals surface area contributed by atoms with Crippen LogP contribution < -0.4 is 10.6 Å². The van der Waals surface area contributed by atoms with E-state index in [1.807, 2.05) is 0 Å². The number of hydrogen-bond donors (Lipinski definition) is 3. The van der Waals surface area contributed by atoms with E-state index in [1.165, 1.54) is 0 Å². The van der Waals surface area contributed by atoms with Crippen molar-refractivity contribution >= 4 is 12.0 Å². The number of hydrogen-bond acceptors (Lipinski definition) is 3. The predicted octanol–water partition coefficient (Wildman–Crippen LogP) is 0.965. The largest absolute Gasteiger partial charge is 0.481 e. The number of nitrogens with one attached hydrogen (secondary N) is 2. The van der Waals surface area contributed by atoms with Gasteiger partial charge in [-0.3, -0.25) is 4.79 Å². The molecule has 6 heteroatoms. The van der Waals surface area contributed by atoms with Crippen molar-refractivity contribution in [1.29, 1.82) is 0 Å². The molecule has 1 saturated carbocycles. The Labute approximate surface area is 112 Å². The van der Waals surface area contributed by atoms with Crippen LogP contribution in [0.15, 0.2) is 0 Å². The Hall–Kier alpha value is -1.30. The summed E-state index contributed by atoms with van der Waals surface area (Å²) in [5.41, 5.74) is 0. The van der Waals surface area contributed by atoms with Crippen LogP contribution in [-0.2, 0) is 9.53 Å². The van der Waals surface area contributed by atoms with Gasteiger partial charge in [0.15, 0.2) is 0 Å². The molecule has 3 atom stereocenters. The van der Waals surface area contributed by atoms with Gasteiger partial charge in [0, 0.05) is 13.2 Å². The number of carbonyl (C=O) groups is 2. The van der Waals surface area contributed by atoms with Crippen LogP contribution in [0.2, 0.25) is 0 Å². The molecule has 108 valence electrons. The van der Waals surface area contributed by atoms with Crippen molar-refractivity contribution in [3.63, 3.8) is 0 Å². The molecular weight excluding hydrogens is 248 g/mol. The third kappa shape index (κ3) is 4.09. The van der Waals surface area contributed by atoms with Crippen LogP contribution in [0.1, 0.15) is 32.1 Å². The summed E-state index contributed by atoms with van der Waals surface area (Å²) < 4.78 is 5.18. The molecule has 0 aromatic heterocycles. The van der Waals surface area contributed by atoms with Crippen LogP contribution in [-0.4, -0.2) is 42.9 Å². The standard InChI is InChI=1S/C13H22N2O4/c16-12(17)11-4-2-1-3-9(11)7-14-13(18)15-10-5-6-19-8-10/h9-11H,1-8H2,(H,16,17)(H2,14,15,18). The van der Waals surface area contributed by atoms with Gasteiger partial charge in [-0.05, 0) is 25.2 Å². The molecule has 0 aromatic carbocycles. The van der Waals surface area contributed by atoms with Crippen LogP contribution in [0.3, 0.4) is 0 Å². The Balaban J connectivity index is 1.73. The fourth-order valence-electron chi connectivity index (χ4n) is 2.89. The number of aliphatic carboxylic acids is 1. The minimum atomic E-state index is -0.740. The molecule has 2 amide bonds. The van der Waals surface area contributed by atoms with Gasteiger partial charge in [-0.2, -0.15) is 0 Å². The first-order chi connectivity index (χ1) is 9.16. The lowest BCUT2D eigenvalue weighted by molar-refractivity contribution is -0.144. The van der Waals surface area contributed by atoms with Crippen LogP contribution >= 0.6 is 0 Å². The molecule has 3 N–H and O–H groups in total. The van der Waals surface area contributed by atoms with Gasteiger partial charge in [0.1, 0.15) is 0 Å². The third-order valence-electron chi connectivity index (χ3n) is 4.02. The highest BCUT2D eigenvalue weighted by Crippen LogP contribution is 2.29. The van der Waals surface area contributed by atoms with E-state index >= 15 is 0 Å². The molecule has 1 heterocycles. The molecule has 3 unspecified atom stereocenters. The normalized spacial score (nSPS) is 30.8. The SMILES string of the molecule is O=C(NCC1CCCCC1C(=O)O)NC1CCOC1. The summed E-state index contributed by atoms with van der Waals surface area (Å²) in [5.74, 6) is -1.00. The Bertz CT molecular complexity index is 329. The van der Waals surface area contributed by atoms with E-state index in [0.717, 1.165) is 32.1 Å². The van der Waals surface area contributed by atoms with Crippen LogP contribution in [0.25, 0.3) is 0 Å². The molecule has 2 rings (SSSR count). The molecule has 2 aliphatic rings. The minimum absolute atomic E-state index is 0.0526. The summed E-state index contributed by atoms with van der Waals surface area (Å²) in [6, 6.07) is -0.133. The van der Waals surface area contributed by atoms with Crippen molar-refractivity contribution in [3.8, 4) is 0 Å². The Morgan fingerprint density at radius 2 is 2.00 bits per heavy atom. The number of ether oxygens (including phenoxy) is 1. The summed E-state index contributed by atoms with van der Waals surface area (Å²) in [4.78, 5) is 22.8. The molecule has 0 spiro atoms. The zero-order valence-corrected chi connectivity index (χ0v) is 11.1. The molecule has 0 bridgehead atoms. The monoisotopic (exact) mass is 270 g/mol. The fraction of sp³-hybridized carbons (Fsp3) is 0.846. The lowest BCUT2D eigenvalue weighted by Gasteiger charge is -2.28. The molecule has 0 aromatic rings. The van der Waals surface area contributed by atoms with Gasteiger partial charge in [0.25, 0.3) is 0 Å². The van der Waals surface area contributed by atoms with Crippen molar-refractivity contribution < 1.29 is 19.4 Å². The summed E-state index contributed by atoms with van der Waals surface area (Å²) in [6.45, 7) is 1.69. The second-order valence-electron chi connectivity index (χ2n) is 5.40. The zero-order valence-electron chi connectivity index (χ0n) is 11.1. The average Bonchev–Trinajstić information content (AvgIpc) is 2.89. The van der Waals surface area contributed by atoms with Crippen molar-refractivity contribution in [2.75, 3.05) is 19.8 Å². The van der Waals surface area contributed by atoms with Gasteiger partial charge >= 0.3 is 12.0 Å². The average molecular weight is 270 g/mol. The van der Waals surface area contributed by atoms with Crippen molar-refractivity contribution in [3.05, 3.63) is 0 Å². The lowest BCUT2D eigenvalue weighted by Crippen LogP contribution is -2.45. The summed E-state index contributed by atoms with van der Waals surface area (Å²) >= 11 is 0. The fourth-order valence-corrected chi connectivity index (χ4v) is 2.89. The van der Waals surface area contributed by atoms with Crippen LogP contribution in [0.5, 0.6) is 0 Å². The molecule has 0 radical (unpaired) electrons. The van der Waals surface area contributed by atoms with E-state index in [0.29, 0.717) is 19.8 Å². The second-order valence-corrected chi connectivity index (χ2v) is 5.40. The summed E-state index contributed by atoms with van der Waals surface area (Å²) in [5, 5.41) is 14.8. The summed E-state index contributed by atoms with van der Waals surface area (Å²) in [6.07, 6.45) is 4.46. The Morgan fingerprint density at radius 3 is 2.68 bits per heavy atom. The maximum Gasteiger partial charge on any atom is 0.315 e. The van der Waals surface area contributed by atoms with Gasteiger partial charge in [-0.1, -0.05) is 12.8 Å². The van der Waals surface area contributed by atoms with Gasteiger partial charge in [0.05, 0.1) is 18.6 Å². The molecule has 1 saturated heterocycles. The maximum absolute atomic E-state index is 11.7. The van der Waals surface area contributed by atoms with E-state index in [-0.39, 0.29) is 23.9 Å². The predicted molar refractivity (Wildman–Crippen MR) is 68.8 cm³/mol. The first-order valence-electron chi connectivity index (χ1n) is 7.01. The van der Waals surface area contributed by atoms with Gasteiger partial charge in [0.2, 0.25) is 0 Å². The Morgan fingerprint density at radius 1 is 1.21 bits per heavy atom. The topological polar surface area (TPSA) is 87.7 Å². The van der Waals surface area contributed by atoms with Gasteiger partial charge < -0.3 is 20.5 Å². The third-order valence-corrected chi connectivity index (χ3v) is 4.02. The highest BCUT2D eigenvalue weighted by Gasteiger charge is 2.31. The van der Waals surface area contributed by atoms with E-state index in [1.54, 1.807) is 0 Å². The molecule has 1 aliphatic carbocycles. The van der Waals surface area contributed by atoms with E-state index in [9.17, 15) is 9.59 Å². The van der Waals surface area contributed by atoms with Crippen LogP contribution in [0.4, 0.5) is 4.79 Å². The maximum atomic E-state index is 11.7.